The minimum Gasteiger partial charge on any atom is -0.488 e. The number of non-ortho nitro benzene ring substituents is 1. The smallest absolute Gasteiger partial charge is 0.273 e. The van der Waals surface area contributed by atoms with Crippen LogP contribution < -0.4 is 4.74 Å². The van der Waals surface area contributed by atoms with Crippen LogP contribution in [0.15, 0.2) is 18.2 Å². The van der Waals surface area contributed by atoms with E-state index in [1.807, 2.05) is 0 Å². The number of hydrogen-bond acceptors (Lipinski definition) is 4. The van der Waals surface area contributed by atoms with E-state index in [0.717, 1.165) is 18.2 Å². The van der Waals surface area contributed by atoms with Gasteiger partial charge in [0.1, 0.15) is 6.61 Å². The van der Waals surface area contributed by atoms with Gasteiger partial charge in [0.2, 0.25) is 0 Å². The molecule has 0 radical (unpaired) electrons. The summed E-state index contributed by atoms with van der Waals surface area (Å²) in [6.07, 6.45) is 0. The zero-order chi connectivity index (χ0) is 10.6. The van der Waals surface area contributed by atoms with Crippen LogP contribution in [0.5, 0.6) is 5.75 Å². The van der Waals surface area contributed by atoms with E-state index in [1.165, 1.54) is 0 Å². The lowest BCUT2D eigenvalue weighted by molar-refractivity contribution is -0.385. The summed E-state index contributed by atoms with van der Waals surface area (Å²) in [6, 6.07) is 2.97. The van der Waals surface area contributed by atoms with E-state index >= 15 is 0 Å². The number of halogens is 1. The van der Waals surface area contributed by atoms with Crippen LogP contribution in [0.2, 0.25) is 0 Å². The molecule has 0 saturated heterocycles. The molecule has 0 atom stereocenters. The standard InChI is InChI=1S/C8H8FNO4/c9-7-2-1-6(10(12)13)5-8(7)14-4-3-11/h1-2,5,11H,3-4H2. The van der Waals surface area contributed by atoms with E-state index in [-0.39, 0.29) is 24.7 Å². The monoisotopic (exact) mass is 201 g/mol. The fraction of sp³-hybridized carbons (Fsp3) is 0.250. The van der Waals surface area contributed by atoms with Gasteiger partial charge in [-0.2, -0.15) is 0 Å². The van der Waals surface area contributed by atoms with Crippen LogP contribution in [0, 0.1) is 15.9 Å². The van der Waals surface area contributed by atoms with Crippen molar-refractivity contribution >= 4 is 5.69 Å². The van der Waals surface area contributed by atoms with Gasteiger partial charge < -0.3 is 9.84 Å². The van der Waals surface area contributed by atoms with Crippen LogP contribution in [0.25, 0.3) is 0 Å². The lowest BCUT2D eigenvalue weighted by Crippen LogP contribution is -2.03. The summed E-state index contributed by atoms with van der Waals surface area (Å²) in [5.74, 6) is -0.919. The first-order chi connectivity index (χ1) is 6.65. The Bertz CT molecular complexity index is 342. The molecule has 0 aliphatic carbocycles. The van der Waals surface area contributed by atoms with Crippen LogP contribution in [0.4, 0.5) is 10.1 Å². The fourth-order valence-electron chi connectivity index (χ4n) is 0.872. The Hall–Kier alpha value is -1.69. The molecule has 0 heterocycles. The number of nitrogens with zero attached hydrogens (tertiary/aromatic N) is 1. The summed E-state index contributed by atoms with van der Waals surface area (Å²) in [5, 5.41) is 18.7. The van der Waals surface area contributed by atoms with Crippen molar-refractivity contribution in [2.75, 3.05) is 13.2 Å². The number of nitro benzene ring substituents is 1. The van der Waals surface area contributed by atoms with Gasteiger partial charge in [-0.1, -0.05) is 0 Å². The third-order valence-electron chi connectivity index (χ3n) is 1.47. The Kier molecular flexibility index (Phi) is 3.35. The third-order valence-corrected chi connectivity index (χ3v) is 1.47. The summed E-state index contributed by atoms with van der Waals surface area (Å²) in [4.78, 5) is 9.67. The van der Waals surface area contributed by atoms with Crippen LogP contribution in [-0.2, 0) is 0 Å². The molecule has 14 heavy (non-hydrogen) atoms. The molecule has 0 bridgehead atoms. The maximum absolute atomic E-state index is 12.9. The highest BCUT2D eigenvalue weighted by Gasteiger charge is 2.11. The van der Waals surface area contributed by atoms with Gasteiger partial charge in [-0.3, -0.25) is 10.1 Å². The van der Waals surface area contributed by atoms with E-state index in [1.54, 1.807) is 0 Å². The quantitative estimate of drug-likeness (QED) is 0.584. The zero-order valence-electron chi connectivity index (χ0n) is 7.14. The summed E-state index contributed by atoms with van der Waals surface area (Å²) in [5.41, 5.74) is -0.251. The largest absolute Gasteiger partial charge is 0.488 e. The van der Waals surface area contributed by atoms with Gasteiger partial charge in [0.25, 0.3) is 5.69 Å². The Labute approximate surface area is 78.9 Å². The van der Waals surface area contributed by atoms with Gasteiger partial charge in [0.15, 0.2) is 11.6 Å². The number of nitro groups is 1. The first kappa shape index (κ1) is 10.4. The van der Waals surface area contributed by atoms with Gasteiger partial charge in [-0.05, 0) is 6.07 Å². The van der Waals surface area contributed by atoms with E-state index in [2.05, 4.69) is 0 Å². The molecule has 0 fully saturated rings. The molecule has 0 aliphatic rings. The van der Waals surface area contributed by atoms with Gasteiger partial charge >= 0.3 is 0 Å². The summed E-state index contributed by atoms with van der Waals surface area (Å²) < 4.78 is 17.7. The number of rotatable bonds is 4. The average molecular weight is 201 g/mol. The van der Waals surface area contributed by atoms with Crippen molar-refractivity contribution < 1.29 is 19.2 Å². The first-order valence-corrected chi connectivity index (χ1v) is 3.82. The highest BCUT2D eigenvalue weighted by molar-refractivity contribution is 5.39. The second kappa shape index (κ2) is 4.52. The Morgan fingerprint density at radius 3 is 2.86 bits per heavy atom. The fourth-order valence-corrected chi connectivity index (χ4v) is 0.872. The summed E-state index contributed by atoms with van der Waals surface area (Å²) >= 11 is 0. The van der Waals surface area contributed by atoms with Crippen LogP contribution in [0.1, 0.15) is 0 Å². The number of benzene rings is 1. The molecule has 1 aromatic rings. The van der Waals surface area contributed by atoms with Crippen LogP contribution >= 0.6 is 0 Å². The number of hydrogen-bond donors (Lipinski definition) is 1. The second-order valence-electron chi connectivity index (χ2n) is 2.44. The van der Waals surface area contributed by atoms with Crippen molar-refractivity contribution in [2.45, 2.75) is 0 Å². The second-order valence-corrected chi connectivity index (χ2v) is 2.44. The van der Waals surface area contributed by atoms with Crippen LogP contribution in [-0.4, -0.2) is 23.2 Å². The van der Waals surface area contributed by atoms with Gasteiger partial charge in [-0.25, -0.2) is 4.39 Å². The minimum absolute atomic E-state index is 0.0991. The summed E-state index contributed by atoms with van der Waals surface area (Å²) in [6.45, 7) is -0.375. The Balaban J connectivity index is 2.90. The van der Waals surface area contributed by atoms with Crippen LogP contribution in [0.3, 0.4) is 0 Å². The molecule has 0 aliphatic heterocycles. The molecule has 0 amide bonds. The molecule has 1 N–H and O–H groups in total. The molecule has 0 aromatic heterocycles. The predicted octanol–water partition coefficient (Wildman–Crippen LogP) is 1.10. The molecule has 1 aromatic carbocycles. The minimum atomic E-state index is -0.691. The summed E-state index contributed by atoms with van der Waals surface area (Å²) in [7, 11) is 0. The van der Waals surface area contributed by atoms with Gasteiger partial charge in [0.05, 0.1) is 17.6 Å². The van der Waals surface area contributed by atoms with E-state index in [9.17, 15) is 14.5 Å². The highest BCUT2D eigenvalue weighted by atomic mass is 19.1. The average Bonchev–Trinajstić information content (AvgIpc) is 2.16. The van der Waals surface area contributed by atoms with E-state index in [0.29, 0.717) is 0 Å². The number of aliphatic hydroxyl groups excluding tert-OH is 1. The normalized spacial score (nSPS) is 9.86. The van der Waals surface area contributed by atoms with E-state index in [4.69, 9.17) is 9.84 Å². The van der Waals surface area contributed by atoms with Gasteiger partial charge in [-0.15, -0.1) is 0 Å². The van der Waals surface area contributed by atoms with Crippen molar-refractivity contribution in [3.05, 3.63) is 34.1 Å². The SMILES string of the molecule is O=[N+]([O-])c1ccc(F)c(OCCO)c1. The van der Waals surface area contributed by atoms with Crippen molar-refractivity contribution in [3.63, 3.8) is 0 Å². The Morgan fingerprint density at radius 2 is 2.29 bits per heavy atom. The maximum atomic E-state index is 12.9. The van der Waals surface area contributed by atoms with Crippen molar-refractivity contribution in [2.24, 2.45) is 0 Å². The molecule has 0 unspecified atom stereocenters. The molecular weight excluding hydrogens is 193 g/mol. The lowest BCUT2D eigenvalue weighted by atomic mass is 10.3. The predicted molar refractivity (Wildman–Crippen MR) is 45.6 cm³/mol. The van der Waals surface area contributed by atoms with E-state index < -0.39 is 10.7 Å². The van der Waals surface area contributed by atoms with Gasteiger partial charge in [0, 0.05) is 6.07 Å². The van der Waals surface area contributed by atoms with Crippen molar-refractivity contribution in [3.8, 4) is 5.75 Å². The molecule has 6 heteroatoms. The molecular formula is C8H8FNO4. The Morgan fingerprint density at radius 1 is 1.57 bits per heavy atom. The highest BCUT2D eigenvalue weighted by Crippen LogP contribution is 2.23. The van der Waals surface area contributed by atoms with Crippen molar-refractivity contribution in [1.29, 1.82) is 0 Å². The molecule has 76 valence electrons. The molecule has 0 spiro atoms. The lowest BCUT2D eigenvalue weighted by Gasteiger charge is -2.04. The topological polar surface area (TPSA) is 72.6 Å². The number of ether oxygens (including phenoxy) is 1. The number of aliphatic hydroxyl groups is 1. The molecule has 1 rings (SSSR count). The van der Waals surface area contributed by atoms with Crippen molar-refractivity contribution in [1.82, 2.24) is 0 Å². The molecule has 0 saturated carbocycles. The maximum Gasteiger partial charge on any atom is 0.273 e. The molecule has 5 nitrogen and oxygen atoms in total. The first-order valence-electron chi connectivity index (χ1n) is 3.82. The zero-order valence-corrected chi connectivity index (χ0v) is 7.14. The third kappa shape index (κ3) is 2.40.